The third kappa shape index (κ3) is 2.79. The van der Waals surface area contributed by atoms with Crippen LogP contribution in [-0.2, 0) is 0 Å². The minimum absolute atomic E-state index is 0.0532. The Bertz CT molecular complexity index is 491. The summed E-state index contributed by atoms with van der Waals surface area (Å²) in [6, 6.07) is 0. The molecular formula is C13H20N4S2. The molecule has 1 N–H and O–H groups in total. The Labute approximate surface area is 123 Å². The fraction of sp³-hybridized carbons (Fsp3) is 0.692. The number of thioether (sulfide) groups is 2. The normalized spacial score (nSPS) is 26.7. The summed E-state index contributed by atoms with van der Waals surface area (Å²) in [6.45, 7) is 10.6. The highest BCUT2D eigenvalue weighted by Gasteiger charge is 2.36. The Balaban J connectivity index is 1.57. The molecule has 0 unspecified atom stereocenters. The van der Waals surface area contributed by atoms with Gasteiger partial charge in [-0.05, 0) is 33.1 Å². The van der Waals surface area contributed by atoms with Crippen LogP contribution in [-0.4, -0.2) is 45.2 Å². The molecule has 0 amide bonds. The first-order valence-electron chi connectivity index (χ1n) is 6.53. The first-order valence-corrected chi connectivity index (χ1v) is 8.40. The molecular weight excluding hydrogens is 276 g/mol. The van der Waals surface area contributed by atoms with E-state index >= 15 is 0 Å². The van der Waals surface area contributed by atoms with E-state index in [-0.39, 0.29) is 11.1 Å². The van der Waals surface area contributed by atoms with Crippen molar-refractivity contribution in [1.29, 1.82) is 0 Å². The quantitative estimate of drug-likeness (QED) is 0.850. The molecule has 0 aromatic carbocycles. The maximum atomic E-state index is 4.73. The van der Waals surface area contributed by atoms with E-state index in [2.05, 4.69) is 48.3 Å². The van der Waals surface area contributed by atoms with Crippen LogP contribution in [0.5, 0.6) is 0 Å². The van der Waals surface area contributed by atoms with Gasteiger partial charge in [0.25, 0.3) is 0 Å². The van der Waals surface area contributed by atoms with E-state index in [9.17, 15) is 0 Å². The zero-order chi connectivity index (χ0) is 13.7. The van der Waals surface area contributed by atoms with Gasteiger partial charge in [-0.25, -0.2) is 0 Å². The Hall–Kier alpha value is -0.620. The van der Waals surface area contributed by atoms with Crippen LogP contribution < -0.4 is 5.32 Å². The van der Waals surface area contributed by atoms with E-state index in [4.69, 9.17) is 4.99 Å². The number of fused-ring (bicyclic) bond motifs is 1. The van der Waals surface area contributed by atoms with Gasteiger partial charge in [0.2, 0.25) is 0 Å². The van der Waals surface area contributed by atoms with E-state index in [1.807, 2.05) is 0 Å². The second-order valence-corrected chi connectivity index (χ2v) is 8.24. The van der Waals surface area contributed by atoms with E-state index in [0.29, 0.717) is 0 Å². The number of rotatable bonds is 2. The summed E-state index contributed by atoms with van der Waals surface area (Å²) in [5.74, 6) is 0.962. The molecule has 4 nitrogen and oxygen atoms in total. The van der Waals surface area contributed by atoms with E-state index in [0.717, 1.165) is 29.2 Å². The van der Waals surface area contributed by atoms with Crippen molar-refractivity contribution in [2.45, 2.75) is 38.8 Å². The maximum absolute atomic E-state index is 4.73. The molecule has 0 aliphatic carbocycles. The average molecular weight is 296 g/mol. The zero-order valence-corrected chi connectivity index (χ0v) is 13.5. The number of hydrogen-bond acceptors (Lipinski definition) is 6. The summed E-state index contributed by atoms with van der Waals surface area (Å²) >= 11 is 3.54. The van der Waals surface area contributed by atoms with Crippen molar-refractivity contribution in [1.82, 2.24) is 10.2 Å². The number of amidine groups is 2. The maximum Gasteiger partial charge on any atom is 0.168 e. The molecule has 0 saturated carbocycles. The average Bonchev–Trinajstić information content (AvgIpc) is 2.88. The summed E-state index contributed by atoms with van der Waals surface area (Å²) in [4.78, 5) is 11.6. The van der Waals surface area contributed by atoms with Crippen molar-refractivity contribution in [3.63, 3.8) is 0 Å². The van der Waals surface area contributed by atoms with Crippen molar-refractivity contribution < 1.29 is 0 Å². The van der Waals surface area contributed by atoms with Crippen molar-refractivity contribution in [2.75, 3.05) is 18.8 Å². The van der Waals surface area contributed by atoms with E-state index in [1.54, 1.807) is 23.5 Å². The minimum Gasteiger partial charge on any atom is -0.358 e. The predicted octanol–water partition coefficient (Wildman–Crippen LogP) is 2.50. The molecule has 0 fully saturated rings. The molecule has 3 aliphatic rings. The number of nitrogens with zero attached hydrogens (tertiary/aromatic N) is 3. The molecule has 6 heteroatoms. The summed E-state index contributed by atoms with van der Waals surface area (Å²) in [7, 11) is 0. The molecule has 0 aromatic rings. The van der Waals surface area contributed by atoms with Crippen LogP contribution in [0, 0.1) is 0 Å². The summed E-state index contributed by atoms with van der Waals surface area (Å²) in [6.07, 6.45) is 0. The highest BCUT2D eigenvalue weighted by molar-refractivity contribution is 8.17. The van der Waals surface area contributed by atoms with Gasteiger partial charge in [-0.3, -0.25) is 9.98 Å². The van der Waals surface area contributed by atoms with E-state index < -0.39 is 0 Å². The lowest BCUT2D eigenvalue weighted by Gasteiger charge is -2.21. The van der Waals surface area contributed by atoms with Gasteiger partial charge in [0.15, 0.2) is 10.3 Å². The molecule has 3 rings (SSSR count). The van der Waals surface area contributed by atoms with Gasteiger partial charge >= 0.3 is 0 Å². The topological polar surface area (TPSA) is 40.0 Å². The molecule has 0 spiro atoms. The second-order valence-electron chi connectivity index (χ2n) is 6.44. The molecule has 0 radical (unpaired) electrons. The number of aliphatic imine (C=N–C) groups is 2. The molecule has 3 aliphatic heterocycles. The summed E-state index contributed by atoms with van der Waals surface area (Å²) < 4.78 is 0. The van der Waals surface area contributed by atoms with Gasteiger partial charge in [0, 0.05) is 18.0 Å². The van der Waals surface area contributed by atoms with Crippen LogP contribution in [0.4, 0.5) is 0 Å². The fourth-order valence-electron chi connectivity index (χ4n) is 2.28. The van der Waals surface area contributed by atoms with Crippen LogP contribution in [0.25, 0.3) is 0 Å². The van der Waals surface area contributed by atoms with Crippen LogP contribution >= 0.6 is 23.5 Å². The lowest BCUT2D eigenvalue weighted by molar-refractivity contribution is 0.436. The van der Waals surface area contributed by atoms with Gasteiger partial charge in [-0.1, -0.05) is 23.5 Å². The standard InChI is InChI=1S/C13H20N4S2/c1-12(2)7-14-10(15-12)18-5-9-6-19-11-16-13(3,4)8-17(9)11/h6H,5,7-8H2,1-4H3,(H,14,15). The van der Waals surface area contributed by atoms with Gasteiger partial charge in [-0.2, -0.15) is 0 Å². The monoisotopic (exact) mass is 296 g/mol. The van der Waals surface area contributed by atoms with Crippen molar-refractivity contribution >= 4 is 33.9 Å². The smallest absolute Gasteiger partial charge is 0.168 e. The first kappa shape index (κ1) is 13.4. The Kier molecular flexibility index (Phi) is 3.13. The predicted molar refractivity (Wildman–Crippen MR) is 85.9 cm³/mol. The van der Waals surface area contributed by atoms with Crippen LogP contribution in [0.15, 0.2) is 21.1 Å². The number of nitrogens with one attached hydrogen (secondary N) is 1. The van der Waals surface area contributed by atoms with Crippen LogP contribution in [0.3, 0.4) is 0 Å². The van der Waals surface area contributed by atoms with Crippen LogP contribution in [0.2, 0.25) is 0 Å². The molecule has 0 saturated heterocycles. The molecule has 0 aromatic heterocycles. The molecule has 3 heterocycles. The van der Waals surface area contributed by atoms with Crippen molar-refractivity contribution in [2.24, 2.45) is 9.98 Å². The van der Waals surface area contributed by atoms with Crippen molar-refractivity contribution in [3.05, 3.63) is 11.1 Å². The van der Waals surface area contributed by atoms with Gasteiger partial charge in [-0.15, -0.1) is 0 Å². The summed E-state index contributed by atoms with van der Waals surface area (Å²) in [5, 5.41) is 7.91. The van der Waals surface area contributed by atoms with Gasteiger partial charge in [0.05, 0.1) is 17.6 Å². The highest BCUT2D eigenvalue weighted by Crippen LogP contribution is 2.36. The molecule has 0 atom stereocenters. The van der Waals surface area contributed by atoms with Gasteiger partial charge in [0.1, 0.15) is 0 Å². The lowest BCUT2D eigenvalue weighted by atomic mass is 10.1. The van der Waals surface area contributed by atoms with Gasteiger partial charge < -0.3 is 10.2 Å². The Morgan fingerprint density at radius 2 is 2.21 bits per heavy atom. The Morgan fingerprint density at radius 1 is 1.42 bits per heavy atom. The first-order chi connectivity index (χ1) is 8.85. The number of hydrogen-bond donors (Lipinski definition) is 1. The SMILES string of the molecule is CC1(C)CN2C(CSC3=NCC(C)(C)N3)=CSC2=N1. The minimum atomic E-state index is 0.0532. The Morgan fingerprint density at radius 3 is 2.89 bits per heavy atom. The lowest BCUT2D eigenvalue weighted by Crippen LogP contribution is -2.38. The van der Waals surface area contributed by atoms with E-state index in [1.165, 1.54) is 5.70 Å². The van der Waals surface area contributed by atoms with Crippen LogP contribution in [0.1, 0.15) is 27.7 Å². The molecule has 0 bridgehead atoms. The third-order valence-electron chi connectivity index (χ3n) is 3.24. The zero-order valence-electron chi connectivity index (χ0n) is 11.9. The third-order valence-corrected chi connectivity index (χ3v) is 5.10. The molecule has 19 heavy (non-hydrogen) atoms. The highest BCUT2D eigenvalue weighted by atomic mass is 32.2. The summed E-state index contributed by atoms with van der Waals surface area (Å²) in [5.41, 5.74) is 1.52. The largest absolute Gasteiger partial charge is 0.358 e. The molecule has 104 valence electrons. The second kappa shape index (κ2) is 4.45. The fourth-order valence-corrected chi connectivity index (χ4v) is 4.48. The van der Waals surface area contributed by atoms with Crippen molar-refractivity contribution in [3.8, 4) is 0 Å².